The molecule has 36 heavy (non-hydrogen) atoms. The first kappa shape index (κ1) is 22.1. The Morgan fingerprint density at radius 1 is 1.06 bits per heavy atom. The van der Waals surface area contributed by atoms with Crippen molar-refractivity contribution in [2.24, 2.45) is 0 Å². The molecule has 0 aliphatic heterocycles. The third kappa shape index (κ3) is 4.04. The smallest absolute Gasteiger partial charge is 0.227 e. The van der Waals surface area contributed by atoms with Crippen molar-refractivity contribution in [1.82, 2.24) is 39.5 Å². The maximum Gasteiger partial charge on any atom is 0.227 e. The molecule has 182 valence electrons. The van der Waals surface area contributed by atoms with Crippen molar-refractivity contribution in [3.63, 3.8) is 0 Å². The lowest BCUT2D eigenvalue weighted by Gasteiger charge is -2.11. The SMILES string of the molecule is CCOc1cc(C)nn1-c1ccc(Cn2ncc3cnc(-c4c(OC)ncnc4C4CC4)nc32)cc1. The van der Waals surface area contributed by atoms with Crippen LogP contribution in [0.2, 0.25) is 0 Å². The Labute approximate surface area is 208 Å². The summed E-state index contributed by atoms with van der Waals surface area (Å²) in [6, 6.07) is 10.1. The van der Waals surface area contributed by atoms with Gasteiger partial charge in [-0.25, -0.2) is 29.3 Å². The monoisotopic (exact) mass is 482 g/mol. The highest BCUT2D eigenvalue weighted by Crippen LogP contribution is 2.44. The van der Waals surface area contributed by atoms with Crippen LogP contribution in [0.4, 0.5) is 0 Å². The molecule has 1 fully saturated rings. The summed E-state index contributed by atoms with van der Waals surface area (Å²) >= 11 is 0. The molecule has 0 spiro atoms. The van der Waals surface area contributed by atoms with E-state index < -0.39 is 0 Å². The quantitative estimate of drug-likeness (QED) is 0.325. The molecule has 0 saturated heterocycles. The van der Waals surface area contributed by atoms with Gasteiger partial charge in [-0.3, -0.25) is 0 Å². The Kier molecular flexibility index (Phi) is 5.55. The molecule has 5 aromatic rings. The lowest BCUT2D eigenvalue weighted by Crippen LogP contribution is -2.06. The minimum Gasteiger partial charge on any atom is -0.480 e. The first-order valence-electron chi connectivity index (χ1n) is 12.0. The highest BCUT2D eigenvalue weighted by atomic mass is 16.5. The summed E-state index contributed by atoms with van der Waals surface area (Å²) < 4.78 is 15.0. The number of hydrogen-bond acceptors (Lipinski definition) is 8. The number of fused-ring (bicyclic) bond motifs is 1. The van der Waals surface area contributed by atoms with Crippen molar-refractivity contribution in [2.75, 3.05) is 13.7 Å². The van der Waals surface area contributed by atoms with Gasteiger partial charge in [0.1, 0.15) is 11.9 Å². The van der Waals surface area contributed by atoms with E-state index in [2.05, 4.69) is 37.3 Å². The Morgan fingerprint density at radius 2 is 1.89 bits per heavy atom. The Balaban J connectivity index is 1.32. The standard InChI is InChI=1S/C26H26N8O2/c1-4-36-21-11-16(2)32-34(21)20-9-5-17(6-10-20)14-33-25-19(13-30-33)12-27-24(31-25)22-23(18-7-8-18)28-15-29-26(22)35-3/h5-6,9-13,15,18H,4,7-8,14H2,1-3H3. The second-order valence-electron chi connectivity index (χ2n) is 8.83. The molecular weight excluding hydrogens is 456 g/mol. The van der Waals surface area contributed by atoms with Gasteiger partial charge in [-0.2, -0.15) is 10.2 Å². The molecule has 6 rings (SSSR count). The van der Waals surface area contributed by atoms with E-state index in [-0.39, 0.29) is 0 Å². The van der Waals surface area contributed by atoms with E-state index in [4.69, 9.17) is 14.5 Å². The highest BCUT2D eigenvalue weighted by Gasteiger charge is 2.31. The van der Waals surface area contributed by atoms with Gasteiger partial charge in [0.25, 0.3) is 0 Å². The van der Waals surface area contributed by atoms with Crippen molar-refractivity contribution in [1.29, 1.82) is 0 Å². The topological polar surface area (TPSA) is 106 Å². The van der Waals surface area contributed by atoms with E-state index in [9.17, 15) is 0 Å². The lowest BCUT2D eigenvalue weighted by molar-refractivity contribution is 0.316. The number of benzene rings is 1. The summed E-state index contributed by atoms with van der Waals surface area (Å²) in [6.45, 7) is 5.07. The average molecular weight is 483 g/mol. The lowest BCUT2D eigenvalue weighted by atomic mass is 10.1. The summed E-state index contributed by atoms with van der Waals surface area (Å²) in [5, 5.41) is 10.0. The summed E-state index contributed by atoms with van der Waals surface area (Å²) in [7, 11) is 1.61. The second-order valence-corrected chi connectivity index (χ2v) is 8.83. The Morgan fingerprint density at radius 3 is 2.64 bits per heavy atom. The van der Waals surface area contributed by atoms with Gasteiger partial charge in [-0.05, 0) is 44.4 Å². The summed E-state index contributed by atoms with van der Waals surface area (Å²) in [5.41, 5.74) is 5.40. The maximum absolute atomic E-state index is 5.72. The zero-order valence-electron chi connectivity index (χ0n) is 20.4. The van der Waals surface area contributed by atoms with Crippen LogP contribution in [0.15, 0.2) is 49.1 Å². The van der Waals surface area contributed by atoms with E-state index in [0.717, 1.165) is 58.0 Å². The molecule has 0 unspecified atom stereocenters. The van der Waals surface area contributed by atoms with E-state index in [1.165, 1.54) is 0 Å². The Bertz CT molecular complexity index is 1540. The van der Waals surface area contributed by atoms with Crippen LogP contribution in [-0.4, -0.2) is 53.2 Å². The normalized spacial score (nSPS) is 13.3. The molecule has 4 aromatic heterocycles. The number of nitrogens with zero attached hydrogens (tertiary/aromatic N) is 8. The van der Waals surface area contributed by atoms with Gasteiger partial charge in [-0.1, -0.05) is 12.1 Å². The molecule has 0 amide bonds. The number of hydrogen-bond donors (Lipinski definition) is 0. The molecule has 1 aromatic carbocycles. The van der Waals surface area contributed by atoms with Gasteiger partial charge in [0.15, 0.2) is 11.5 Å². The van der Waals surface area contributed by atoms with Crippen LogP contribution in [0, 0.1) is 6.92 Å². The van der Waals surface area contributed by atoms with Crippen LogP contribution in [0.3, 0.4) is 0 Å². The third-order valence-electron chi connectivity index (χ3n) is 6.20. The van der Waals surface area contributed by atoms with E-state index in [1.807, 2.05) is 41.4 Å². The molecule has 4 heterocycles. The number of ether oxygens (including phenoxy) is 2. The fraction of sp³-hybridized carbons (Fsp3) is 0.308. The van der Waals surface area contributed by atoms with Crippen LogP contribution < -0.4 is 9.47 Å². The molecule has 10 heteroatoms. The van der Waals surface area contributed by atoms with Gasteiger partial charge >= 0.3 is 0 Å². The fourth-order valence-electron chi connectivity index (χ4n) is 4.34. The van der Waals surface area contributed by atoms with Crippen molar-refractivity contribution in [2.45, 2.75) is 39.2 Å². The maximum atomic E-state index is 5.72. The molecule has 1 saturated carbocycles. The van der Waals surface area contributed by atoms with Gasteiger partial charge in [0, 0.05) is 18.2 Å². The van der Waals surface area contributed by atoms with Gasteiger partial charge in [0.2, 0.25) is 11.8 Å². The number of aromatic nitrogens is 8. The minimum atomic E-state index is 0.404. The fourth-order valence-corrected chi connectivity index (χ4v) is 4.34. The third-order valence-corrected chi connectivity index (χ3v) is 6.20. The summed E-state index contributed by atoms with van der Waals surface area (Å²) in [5.74, 6) is 2.18. The largest absolute Gasteiger partial charge is 0.480 e. The van der Waals surface area contributed by atoms with Crippen molar-refractivity contribution < 1.29 is 9.47 Å². The minimum absolute atomic E-state index is 0.404. The van der Waals surface area contributed by atoms with Gasteiger partial charge in [-0.15, -0.1) is 0 Å². The predicted molar refractivity (Wildman–Crippen MR) is 133 cm³/mol. The zero-order chi connectivity index (χ0) is 24.6. The molecule has 0 atom stereocenters. The Hall–Kier alpha value is -4.34. The van der Waals surface area contributed by atoms with Crippen LogP contribution in [0.25, 0.3) is 28.1 Å². The van der Waals surface area contributed by atoms with E-state index in [0.29, 0.717) is 30.8 Å². The average Bonchev–Trinajstić information content (AvgIpc) is 3.58. The number of aryl methyl sites for hydroxylation is 1. The molecule has 0 N–H and O–H groups in total. The van der Waals surface area contributed by atoms with Crippen molar-refractivity contribution in [3.8, 4) is 28.8 Å². The predicted octanol–water partition coefficient (Wildman–Crippen LogP) is 4.11. The van der Waals surface area contributed by atoms with Crippen LogP contribution >= 0.6 is 0 Å². The zero-order valence-corrected chi connectivity index (χ0v) is 20.4. The number of rotatable bonds is 8. The van der Waals surface area contributed by atoms with Gasteiger partial charge in [0.05, 0.1) is 48.9 Å². The first-order valence-corrected chi connectivity index (χ1v) is 12.0. The van der Waals surface area contributed by atoms with Crippen molar-refractivity contribution >= 4 is 11.0 Å². The molecule has 10 nitrogen and oxygen atoms in total. The molecule has 0 bridgehead atoms. The van der Waals surface area contributed by atoms with E-state index in [1.54, 1.807) is 25.8 Å². The summed E-state index contributed by atoms with van der Waals surface area (Å²) in [6.07, 6.45) is 7.34. The highest BCUT2D eigenvalue weighted by molar-refractivity contribution is 5.77. The summed E-state index contributed by atoms with van der Waals surface area (Å²) in [4.78, 5) is 18.3. The van der Waals surface area contributed by atoms with Crippen LogP contribution in [0.5, 0.6) is 11.8 Å². The van der Waals surface area contributed by atoms with Crippen LogP contribution in [0.1, 0.15) is 42.6 Å². The first-order chi connectivity index (χ1) is 17.6. The second kappa shape index (κ2) is 9.03. The molecule has 1 aliphatic carbocycles. The van der Waals surface area contributed by atoms with Crippen molar-refractivity contribution in [3.05, 3.63) is 66.0 Å². The molecule has 0 radical (unpaired) electrons. The molecular formula is C26H26N8O2. The van der Waals surface area contributed by atoms with E-state index >= 15 is 0 Å². The number of methoxy groups -OCH3 is 1. The van der Waals surface area contributed by atoms with Crippen LogP contribution in [-0.2, 0) is 6.54 Å². The molecule has 1 aliphatic rings. The van der Waals surface area contributed by atoms with Gasteiger partial charge < -0.3 is 9.47 Å².